The molecule has 2 aromatic rings. The fourth-order valence-electron chi connectivity index (χ4n) is 2.32. The van der Waals surface area contributed by atoms with Gasteiger partial charge in [-0.3, -0.25) is 14.9 Å². The quantitative estimate of drug-likeness (QED) is 0.633. The SMILES string of the molecule is COc1cc(C(=O)NC(=O)N(S)c2ccc(C(N)=O)cc2)cc(OC)c1OC. The van der Waals surface area contributed by atoms with Crippen molar-refractivity contribution in [3.05, 3.63) is 47.5 Å². The van der Waals surface area contributed by atoms with Gasteiger partial charge in [-0.25, -0.2) is 9.10 Å². The van der Waals surface area contributed by atoms with Crippen LogP contribution < -0.4 is 29.6 Å². The number of hydrogen-bond acceptors (Lipinski definition) is 7. The summed E-state index contributed by atoms with van der Waals surface area (Å²) in [5.41, 5.74) is 5.91. The minimum absolute atomic E-state index is 0.119. The average Bonchev–Trinajstić information content (AvgIpc) is 2.71. The normalized spacial score (nSPS) is 10.0. The van der Waals surface area contributed by atoms with Crippen LogP contribution in [0.1, 0.15) is 20.7 Å². The average molecular weight is 405 g/mol. The molecule has 10 heteroatoms. The number of nitrogens with two attached hydrogens (primary N) is 1. The van der Waals surface area contributed by atoms with E-state index in [0.717, 1.165) is 4.31 Å². The minimum atomic E-state index is -0.797. The molecule has 28 heavy (non-hydrogen) atoms. The first-order chi connectivity index (χ1) is 13.3. The number of nitrogens with zero attached hydrogens (tertiary/aromatic N) is 1. The molecule has 0 unspecified atom stereocenters. The number of carbonyl (C=O) groups is 3. The van der Waals surface area contributed by atoms with Gasteiger partial charge in [0.2, 0.25) is 11.7 Å². The Kier molecular flexibility index (Phi) is 6.72. The molecule has 3 N–H and O–H groups in total. The summed E-state index contributed by atoms with van der Waals surface area (Å²) in [7, 11) is 4.26. The van der Waals surface area contributed by atoms with Gasteiger partial charge in [-0.15, -0.1) is 0 Å². The van der Waals surface area contributed by atoms with Gasteiger partial charge in [0.15, 0.2) is 11.5 Å². The number of ether oxygens (including phenoxy) is 3. The number of benzene rings is 2. The van der Waals surface area contributed by atoms with Gasteiger partial charge in [-0.1, -0.05) is 12.8 Å². The second-order valence-corrected chi connectivity index (χ2v) is 5.80. The van der Waals surface area contributed by atoms with Crippen molar-refractivity contribution in [3.63, 3.8) is 0 Å². The third-order valence-corrected chi connectivity index (χ3v) is 4.15. The fraction of sp³-hybridized carbons (Fsp3) is 0.167. The standard InChI is InChI=1S/C18H19N3O6S/c1-25-13-8-11(9-14(26-2)15(13)27-3)17(23)20-18(24)21(28)12-6-4-10(5-7-12)16(19)22/h4-9,28H,1-3H3,(H2,19,22)(H,20,23,24). The number of carbonyl (C=O) groups excluding carboxylic acids is 3. The van der Waals surface area contributed by atoms with E-state index >= 15 is 0 Å². The van der Waals surface area contributed by atoms with Gasteiger partial charge < -0.3 is 19.9 Å². The third-order valence-electron chi connectivity index (χ3n) is 3.74. The first-order valence-electron chi connectivity index (χ1n) is 7.86. The second kappa shape index (κ2) is 9.00. The first kappa shape index (κ1) is 20.9. The highest BCUT2D eigenvalue weighted by molar-refractivity contribution is 7.82. The van der Waals surface area contributed by atoms with Crippen LogP contribution in [-0.4, -0.2) is 39.2 Å². The predicted molar refractivity (Wildman–Crippen MR) is 105 cm³/mol. The maximum atomic E-state index is 12.5. The van der Waals surface area contributed by atoms with Crippen molar-refractivity contribution in [2.45, 2.75) is 0 Å². The van der Waals surface area contributed by atoms with Crippen LogP contribution >= 0.6 is 12.8 Å². The summed E-state index contributed by atoms with van der Waals surface area (Å²) in [5, 5.41) is 2.20. The van der Waals surface area contributed by atoms with Gasteiger partial charge in [0.25, 0.3) is 5.91 Å². The summed E-state index contributed by atoms with van der Waals surface area (Å²) < 4.78 is 16.5. The molecular formula is C18H19N3O6S. The lowest BCUT2D eigenvalue weighted by molar-refractivity contribution is 0.0963. The van der Waals surface area contributed by atoms with Crippen molar-refractivity contribution in [1.29, 1.82) is 0 Å². The Hall–Kier alpha value is -3.40. The van der Waals surface area contributed by atoms with E-state index in [1.807, 2.05) is 0 Å². The van der Waals surface area contributed by atoms with Crippen LogP contribution in [0.4, 0.5) is 10.5 Å². The number of methoxy groups -OCH3 is 3. The maximum absolute atomic E-state index is 12.5. The Morgan fingerprint density at radius 1 is 0.929 bits per heavy atom. The molecule has 2 rings (SSSR count). The Bertz CT molecular complexity index is 876. The van der Waals surface area contributed by atoms with Gasteiger partial charge in [0.1, 0.15) is 0 Å². The van der Waals surface area contributed by atoms with Crippen LogP contribution in [0.2, 0.25) is 0 Å². The van der Waals surface area contributed by atoms with Crippen LogP contribution in [0.25, 0.3) is 0 Å². The van der Waals surface area contributed by atoms with Gasteiger partial charge in [-0.05, 0) is 36.4 Å². The molecule has 0 atom stereocenters. The molecule has 0 fully saturated rings. The zero-order chi connectivity index (χ0) is 20.8. The monoisotopic (exact) mass is 405 g/mol. The Balaban J connectivity index is 2.19. The Labute approximate surface area is 166 Å². The molecule has 2 aromatic carbocycles. The number of rotatable bonds is 6. The van der Waals surface area contributed by atoms with Crippen LogP contribution in [0, 0.1) is 0 Å². The van der Waals surface area contributed by atoms with Crippen LogP contribution in [0.3, 0.4) is 0 Å². The Morgan fingerprint density at radius 3 is 1.89 bits per heavy atom. The number of thiol groups is 1. The largest absolute Gasteiger partial charge is 0.493 e. The lowest BCUT2D eigenvalue weighted by Crippen LogP contribution is -2.38. The minimum Gasteiger partial charge on any atom is -0.493 e. The summed E-state index contributed by atoms with van der Waals surface area (Å²) in [6, 6.07) is 7.84. The highest BCUT2D eigenvalue weighted by atomic mass is 32.1. The molecule has 0 aromatic heterocycles. The Morgan fingerprint density at radius 2 is 1.46 bits per heavy atom. The van der Waals surface area contributed by atoms with Crippen molar-refractivity contribution >= 4 is 36.3 Å². The van der Waals surface area contributed by atoms with Crippen LogP contribution in [-0.2, 0) is 0 Å². The number of urea groups is 1. The van der Waals surface area contributed by atoms with E-state index < -0.39 is 17.8 Å². The molecule has 0 aliphatic carbocycles. The van der Waals surface area contributed by atoms with E-state index in [1.165, 1.54) is 57.7 Å². The third kappa shape index (κ3) is 4.46. The van der Waals surface area contributed by atoms with Crippen LogP contribution in [0.5, 0.6) is 17.2 Å². The topological polar surface area (TPSA) is 120 Å². The van der Waals surface area contributed by atoms with Gasteiger partial charge in [-0.2, -0.15) is 0 Å². The second-order valence-electron chi connectivity index (χ2n) is 5.40. The summed E-state index contributed by atoms with van der Waals surface area (Å²) in [6.07, 6.45) is 0. The van der Waals surface area contributed by atoms with E-state index in [1.54, 1.807) is 0 Å². The van der Waals surface area contributed by atoms with Crippen molar-refractivity contribution in [3.8, 4) is 17.2 Å². The number of anilines is 1. The molecule has 148 valence electrons. The summed E-state index contributed by atoms with van der Waals surface area (Å²) in [5.74, 6) is -0.442. The van der Waals surface area contributed by atoms with E-state index in [4.69, 9.17) is 19.9 Å². The number of hydrogen-bond donors (Lipinski definition) is 3. The highest BCUT2D eigenvalue weighted by Gasteiger charge is 2.20. The maximum Gasteiger partial charge on any atom is 0.338 e. The molecule has 0 aliphatic heterocycles. The van der Waals surface area contributed by atoms with Crippen molar-refractivity contribution < 1.29 is 28.6 Å². The molecule has 0 aliphatic rings. The zero-order valence-electron chi connectivity index (χ0n) is 15.4. The molecule has 0 bridgehead atoms. The number of nitrogens with one attached hydrogen (secondary N) is 1. The predicted octanol–water partition coefficient (Wildman–Crippen LogP) is 2.01. The van der Waals surface area contributed by atoms with Crippen molar-refractivity contribution in [1.82, 2.24) is 5.32 Å². The zero-order valence-corrected chi connectivity index (χ0v) is 16.3. The van der Waals surface area contributed by atoms with E-state index in [0.29, 0.717) is 11.4 Å². The molecule has 0 saturated heterocycles. The van der Waals surface area contributed by atoms with E-state index in [-0.39, 0.29) is 22.6 Å². The lowest BCUT2D eigenvalue weighted by atomic mass is 10.1. The number of primary amides is 1. The smallest absolute Gasteiger partial charge is 0.338 e. The molecule has 0 spiro atoms. The number of amides is 4. The molecule has 9 nitrogen and oxygen atoms in total. The van der Waals surface area contributed by atoms with Gasteiger partial charge in [0, 0.05) is 11.1 Å². The van der Waals surface area contributed by atoms with Crippen molar-refractivity contribution in [2.75, 3.05) is 25.6 Å². The summed E-state index contributed by atoms with van der Waals surface area (Å²) in [6.45, 7) is 0. The molecule has 0 heterocycles. The van der Waals surface area contributed by atoms with Gasteiger partial charge >= 0.3 is 6.03 Å². The summed E-state index contributed by atoms with van der Waals surface area (Å²) >= 11 is 4.08. The highest BCUT2D eigenvalue weighted by Crippen LogP contribution is 2.38. The summed E-state index contributed by atoms with van der Waals surface area (Å²) in [4.78, 5) is 35.9. The molecular weight excluding hydrogens is 386 g/mol. The molecule has 0 radical (unpaired) electrons. The van der Waals surface area contributed by atoms with E-state index in [2.05, 4.69) is 18.1 Å². The first-order valence-corrected chi connectivity index (χ1v) is 8.26. The van der Waals surface area contributed by atoms with Crippen molar-refractivity contribution in [2.24, 2.45) is 5.73 Å². The van der Waals surface area contributed by atoms with E-state index in [9.17, 15) is 14.4 Å². The van der Waals surface area contributed by atoms with Crippen LogP contribution in [0.15, 0.2) is 36.4 Å². The fourth-order valence-corrected chi connectivity index (χ4v) is 2.50. The number of imide groups is 1. The van der Waals surface area contributed by atoms with Gasteiger partial charge in [0.05, 0.1) is 27.0 Å². The molecule has 0 saturated carbocycles. The molecule has 4 amide bonds. The lowest BCUT2D eigenvalue weighted by Gasteiger charge is -2.17.